The molecule has 4 amide bonds. The maximum absolute atomic E-state index is 12.9. The van der Waals surface area contributed by atoms with Crippen molar-refractivity contribution in [3.05, 3.63) is 58.1 Å². The van der Waals surface area contributed by atoms with Crippen molar-refractivity contribution in [1.29, 1.82) is 0 Å². The Morgan fingerprint density at radius 1 is 1.10 bits per heavy atom. The molecule has 31 heavy (non-hydrogen) atoms. The van der Waals surface area contributed by atoms with E-state index in [0.29, 0.717) is 15.7 Å². The first-order valence-corrected chi connectivity index (χ1v) is 9.68. The number of urea groups is 1. The van der Waals surface area contributed by atoms with Crippen molar-refractivity contribution in [2.45, 2.75) is 0 Å². The van der Waals surface area contributed by atoms with Crippen LogP contribution in [0.15, 0.2) is 52.5 Å². The number of esters is 1. The molecule has 1 heterocycles. The Kier molecular flexibility index (Phi) is 6.71. The van der Waals surface area contributed by atoms with Gasteiger partial charge < -0.3 is 14.2 Å². The van der Waals surface area contributed by atoms with Crippen molar-refractivity contribution in [2.75, 3.05) is 25.7 Å². The third kappa shape index (κ3) is 4.92. The number of benzene rings is 2. The number of rotatable bonds is 6. The molecule has 1 aliphatic rings. The van der Waals surface area contributed by atoms with E-state index in [4.69, 9.17) is 9.47 Å². The van der Waals surface area contributed by atoms with Crippen LogP contribution in [0.25, 0.3) is 6.08 Å². The molecule has 2 aromatic carbocycles. The molecule has 10 heteroatoms. The van der Waals surface area contributed by atoms with E-state index in [1.165, 1.54) is 32.4 Å². The normalized spacial score (nSPS) is 15.0. The summed E-state index contributed by atoms with van der Waals surface area (Å²) in [7, 11) is 2.65. The molecule has 2 aromatic rings. The zero-order valence-corrected chi connectivity index (χ0v) is 18.1. The summed E-state index contributed by atoms with van der Waals surface area (Å²) in [6, 6.07) is 10.4. The van der Waals surface area contributed by atoms with Gasteiger partial charge in [0.2, 0.25) is 0 Å². The van der Waals surface area contributed by atoms with Crippen LogP contribution in [0.1, 0.15) is 5.56 Å². The van der Waals surface area contributed by atoms with Crippen LogP contribution in [0.3, 0.4) is 0 Å². The van der Waals surface area contributed by atoms with Gasteiger partial charge in [-0.25, -0.2) is 14.5 Å². The van der Waals surface area contributed by atoms with Crippen LogP contribution in [0.5, 0.6) is 11.5 Å². The second-order valence-electron chi connectivity index (χ2n) is 6.21. The highest BCUT2D eigenvalue weighted by Gasteiger charge is 2.36. The standard InChI is InChI=1S/C21H17BrN2O7/c1-29-17-9-12(6-7-16(17)31-11-18(25)30-2)8-15-19(26)23-21(28)24(20(15)27)14-5-3-4-13(22)10-14/h3-10H,11H2,1-2H3,(H,23,26,28). The van der Waals surface area contributed by atoms with E-state index in [-0.39, 0.29) is 23.7 Å². The number of hydrogen-bond acceptors (Lipinski definition) is 7. The molecule has 9 nitrogen and oxygen atoms in total. The number of nitrogens with zero attached hydrogens (tertiary/aromatic N) is 1. The van der Waals surface area contributed by atoms with Crippen LogP contribution in [0.2, 0.25) is 0 Å². The summed E-state index contributed by atoms with van der Waals surface area (Å²) >= 11 is 3.29. The van der Waals surface area contributed by atoms with Gasteiger partial charge in [-0.3, -0.25) is 14.9 Å². The molecule has 1 fully saturated rings. The molecule has 0 spiro atoms. The molecular formula is C21H17BrN2O7. The largest absolute Gasteiger partial charge is 0.493 e. The number of imide groups is 2. The van der Waals surface area contributed by atoms with Crippen molar-refractivity contribution in [2.24, 2.45) is 0 Å². The number of carbonyl (C=O) groups is 4. The highest BCUT2D eigenvalue weighted by atomic mass is 79.9. The first-order valence-electron chi connectivity index (χ1n) is 8.88. The van der Waals surface area contributed by atoms with Crippen molar-refractivity contribution in [1.82, 2.24) is 5.32 Å². The molecule has 1 N–H and O–H groups in total. The van der Waals surface area contributed by atoms with Crippen LogP contribution in [-0.2, 0) is 19.1 Å². The average molecular weight is 489 g/mol. The Balaban J connectivity index is 1.92. The van der Waals surface area contributed by atoms with Gasteiger partial charge in [-0.2, -0.15) is 0 Å². The van der Waals surface area contributed by atoms with E-state index < -0.39 is 23.8 Å². The highest BCUT2D eigenvalue weighted by molar-refractivity contribution is 9.10. The van der Waals surface area contributed by atoms with E-state index in [1.54, 1.807) is 30.3 Å². The monoisotopic (exact) mass is 488 g/mol. The van der Waals surface area contributed by atoms with Crippen LogP contribution < -0.4 is 19.7 Å². The maximum Gasteiger partial charge on any atom is 0.343 e. The lowest BCUT2D eigenvalue weighted by Crippen LogP contribution is -2.54. The van der Waals surface area contributed by atoms with E-state index in [9.17, 15) is 19.2 Å². The first-order chi connectivity index (χ1) is 14.8. The van der Waals surface area contributed by atoms with Crippen LogP contribution in [-0.4, -0.2) is 44.6 Å². The fraction of sp³-hybridized carbons (Fsp3) is 0.143. The topological polar surface area (TPSA) is 111 Å². The molecule has 0 unspecified atom stereocenters. The third-order valence-electron chi connectivity index (χ3n) is 4.24. The Morgan fingerprint density at radius 2 is 1.87 bits per heavy atom. The molecule has 0 aliphatic carbocycles. The Hall–Kier alpha value is -3.66. The van der Waals surface area contributed by atoms with Gasteiger partial charge in [0.1, 0.15) is 5.57 Å². The second kappa shape index (κ2) is 9.43. The molecule has 0 atom stereocenters. The molecule has 0 saturated carbocycles. The number of anilines is 1. The number of ether oxygens (including phenoxy) is 3. The van der Waals surface area contributed by atoms with Gasteiger partial charge in [0.25, 0.3) is 11.8 Å². The maximum atomic E-state index is 12.9. The Labute approximate surface area is 185 Å². The van der Waals surface area contributed by atoms with Gasteiger partial charge in [-0.15, -0.1) is 0 Å². The van der Waals surface area contributed by atoms with Gasteiger partial charge in [-0.05, 0) is 42.0 Å². The lowest BCUT2D eigenvalue weighted by molar-refractivity contribution is -0.143. The molecule has 0 bridgehead atoms. The Bertz CT molecular complexity index is 1100. The molecule has 0 radical (unpaired) electrons. The summed E-state index contributed by atoms with van der Waals surface area (Å²) in [5.74, 6) is -1.58. The quantitative estimate of drug-likeness (QED) is 0.377. The number of hydrogen-bond donors (Lipinski definition) is 1. The fourth-order valence-electron chi connectivity index (χ4n) is 2.76. The van der Waals surface area contributed by atoms with Crippen molar-refractivity contribution in [3.8, 4) is 11.5 Å². The van der Waals surface area contributed by atoms with Crippen molar-refractivity contribution >= 4 is 51.5 Å². The molecule has 1 aliphatic heterocycles. The summed E-state index contributed by atoms with van der Waals surface area (Å²) < 4.78 is 15.8. The van der Waals surface area contributed by atoms with Crippen LogP contribution >= 0.6 is 15.9 Å². The smallest absolute Gasteiger partial charge is 0.343 e. The minimum absolute atomic E-state index is 0.232. The van der Waals surface area contributed by atoms with Gasteiger partial charge in [0.15, 0.2) is 18.1 Å². The van der Waals surface area contributed by atoms with E-state index >= 15 is 0 Å². The zero-order chi connectivity index (χ0) is 22.5. The van der Waals surface area contributed by atoms with Gasteiger partial charge in [-0.1, -0.05) is 28.1 Å². The zero-order valence-electron chi connectivity index (χ0n) is 16.5. The molecule has 0 aromatic heterocycles. The summed E-state index contributed by atoms with van der Waals surface area (Å²) in [5.41, 5.74) is 0.522. The van der Waals surface area contributed by atoms with Crippen molar-refractivity contribution < 1.29 is 33.4 Å². The first kappa shape index (κ1) is 22.0. The van der Waals surface area contributed by atoms with Gasteiger partial charge in [0, 0.05) is 4.47 Å². The summed E-state index contributed by atoms with van der Waals surface area (Å²) in [6.45, 7) is -0.308. The third-order valence-corrected chi connectivity index (χ3v) is 4.73. The predicted molar refractivity (Wildman–Crippen MR) is 114 cm³/mol. The predicted octanol–water partition coefficient (Wildman–Crippen LogP) is 2.68. The second-order valence-corrected chi connectivity index (χ2v) is 7.13. The van der Waals surface area contributed by atoms with Crippen molar-refractivity contribution in [3.63, 3.8) is 0 Å². The number of methoxy groups -OCH3 is 2. The Morgan fingerprint density at radius 3 is 2.55 bits per heavy atom. The number of nitrogens with one attached hydrogen (secondary N) is 1. The molecule has 1 saturated heterocycles. The molecule has 3 rings (SSSR count). The van der Waals surface area contributed by atoms with E-state index in [0.717, 1.165) is 4.90 Å². The SMILES string of the molecule is COC(=O)COc1ccc(C=C2C(=O)NC(=O)N(c3cccc(Br)c3)C2=O)cc1OC. The summed E-state index contributed by atoms with van der Waals surface area (Å²) in [6.07, 6.45) is 1.34. The highest BCUT2D eigenvalue weighted by Crippen LogP contribution is 2.30. The number of carbonyl (C=O) groups excluding carboxylic acids is 4. The average Bonchev–Trinajstić information content (AvgIpc) is 2.75. The minimum Gasteiger partial charge on any atom is -0.493 e. The van der Waals surface area contributed by atoms with Crippen LogP contribution in [0, 0.1) is 0 Å². The van der Waals surface area contributed by atoms with Crippen LogP contribution in [0.4, 0.5) is 10.5 Å². The summed E-state index contributed by atoms with van der Waals surface area (Å²) in [5, 5.41) is 2.16. The number of barbiturate groups is 1. The number of amides is 4. The van der Waals surface area contributed by atoms with Gasteiger partial charge >= 0.3 is 12.0 Å². The van der Waals surface area contributed by atoms with E-state index in [1.807, 2.05) is 0 Å². The molecule has 160 valence electrons. The fourth-order valence-corrected chi connectivity index (χ4v) is 3.15. The summed E-state index contributed by atoms with van der Waals surface area (Å²) in [4.78, 5) is 49.7. The minimum atomic E-state index is -0.839. The number of halogens is 1. The van der Waals surface area contributed by atoms with Gasteiger partial charge in [0.05, 0.1) is 19.9 Å². The lowest BCUT2D eigenvalue weighted by Gasteiger charge is -2.26. The molecular weight excluding hydrogens is 472 g/mol. The lowest BCUT2D eigenvalue weighted by atomic mass is 10.1. The van der Waals surface area contributed by atoms with E-state index in [2.05, 4.69) is 26.0 Å².